The number of rotatable bonds is 5. The van der Waals surface area contributed by atoms with Gasteiger partial charge in [0.05, 0.1) is 17.5 Å². The first-order valence-electron chi connectivity index (χ1n) is 8.99. The molecule has 0 radical (unpaired) electrons. The van der Waals surface area contributed by atoms with Gasteiger partial charge in [-0.1, -0.05) is 42.1 Å². The van der Waals surface area contributed by atoms with E-state index in [9.17, 15) is 14.7 Å². The molecule has 26 heavy (non-hydrogen) atoms. The Hall–Kier alpha value is -2.27. The van der Waals surface area contributed by atoms with Crippen LogP contribution < -0.4 is 5.32 Å². The molecule has 1 amide bonds. The summed E-state index contributed by atoms with van der Waals surface area (Å²) in [5, 5.41) is 12.6. The van der Waals surface area contributed by atoms with Crippen molar-refractivity contribution in [2.24, 2.45) is 23.7 Å². The van der Waals surface area contributed by atoms with Crippen molar-refractivity contribution < 1.29 is 14.7 Å². The van der Waals surface area contributed by atoms with Crippen LogP contribution in [0.15, 0.2) is 64.4 Å². The van der Waals surface area contributed by atoms with Crippen LogP contribution in [0.1, 0.15) is 19.3 Å². The molecule has 134 valence electrons. The fourth-order valence-electron chi connectivity index (χ4n) is 4.51. The standard InChI is InChI=1S/C21H21NO3S/c23-20(18-13-10-11-14(12-13)19(18)21(24)25)22-16-8-4-5-9-17(16)26-15-6-2-1-3-7-15/h1-9,13-14,18-19H,10-12H2,(H,22,23)(H,24,25)/t13-,14-,18-,19-/m0/s1. The minimum absolute atomic E-state index is 0.147. The van der Waals surface area contributed by atoms with E-state index < -0.39 is 17.8 Å². The minimum Gasteiger partial charge on any atom is -0.481 e. The molecule has 2 aliphatic rings. The van der Waals surface area contributed by atoms with E-state index in [0.29, 0.717) is 0 Å². The highest BCUT2D eigenvalue weighted by Crippen LogP contribution is 2.52. The third kappa shape index (κ3) is 3.23. The Morgan fingerprint density at radius 3 is 2.31 bits per heavy atom. The zero-order valence-electron chi connectivity index (χ0n) is 14.3. The molecular formula is C21H21NO3S. The van der Waals surface area contributed by atoms with Crippen molar-refractivity contribution in [2.75, 3.05) is 5.32 Å². The number of hydrogen-bond donors (Lipinski definition) is 2. The molecule has 2 bridgehead atoms. The summed E-state index contributed by atoms with van der Waals surface area (Å²) in [6.07, 6.45) is 2.77. The molecule has 0 aliphatic heterocycles. The number of carbonyl (C=O) groups excluding carboxylic acids is 1. The van der Waals surface area contributed by atoms with Gasteiger partial charge in [-0.25, -0.2) is 0 Å². The molecule has 0 heterocycles. The second-order valence-corrected chi connectivity index (χ2v) is 8.24. The number of para-hydroxylation sites is 1. The van der Waals surface area contributed by atoms with Gasteiger partial charge in [-0.15, -0.1) is 0 Å². The van der Waals surface area contributed by atoms with Crippen LogP contribution >= 0.6 is 11.8 Å². The molecule has 0 aromatic heterocycles. The fraction of sp³-hybridized carbons (Fsp3) is 0.333. The molecule has 0 spiro atoms. The molecule has 5 heteroatoms. The summed E-state index contributed by atoms with van der Waals surface area (Å²) in [7, 11) is 0. The van der Waals surface area contributed by atoms with E-state index in [1.807, 2.05) is 54.6 Å². The summed E-state index contributed by atoms with van der Waals surface area (Å²) in [4.78, 5) is 26.7. The molecule has 0 saturated heterocycles. The lowest BCUT2D eigenvalue weighted by Crippen LogP contribution is -2.37. The van der Waals surface area contributed by atoms with E-state index in [4.69, 9.17) is 0 Å². The maximum absolute atomic E-state index is 12.9. The van der Waals surface area contributed by atoms with Crippen LogP contribution in [0.5, 0.6) is 0 Å². The maximum Gasteiger partial charge on any atom is 0.307 e. The van der Waals surface area contributed by atoms with E-state index in [0.717, 1.165) is 34.7 Å². The average Bonchev–Trinajstić information content (AvgIpc) is 3.25. The lowest BCUT2D eigenvalue weighted by molar-refractivity contribution is -0.148. The number of nitrogens with one attached hydrogen (secondary N) is 1. The minimum atomic E-state index is -0.829. The number of amides is 1. The summed E-state index contributed by atoms with van der Waals surface area (Å²) in [6, 6.07) is 17.7. The molecule has 2 aromatic carbocycles. The Kier molecular flexibility index (Phi) is 4.72. The van der Waals surface area contributed by atoms with Gasteiger partial charge in [0.2, 0.25) is 5.91 Å². The van der Waals surface area contributed by atoms with Gasteiger partial charge in [-0.3, -0.25) is 9.59 Å². The first kappa shape index (κ1) is 17.2. The van der Waals surface area contributed by atoms with Gasteiger partial charge in [0.1, 0.15) is 0 Å². The number of hydrogen-bond acceptors (Lipinski definition) is 3. The number of anilines is 1. The van der Waals surface area contributed by atoms with Crippen LogP contribution in [0.25, 0.3) is 0 Å². The zero-order chi connectivity index (χ0) is 18.1. The monoisotopic (exact) mass is 367 g/mol. The van der Waals surface area contributed by atoms with Crippen LogP contribution in [-0.2, 0) is 9.59 Å². The van der Waals surface area contributed by atoms with Gasteiger partial charge < -0.3 is 10.4 Å². The molecular weight excluding hydrogens is 346 g/mol. The van der Waals surface area contributed by atoms with Gasteiger partial charge in [0.25, 0.3) is 0 Å². The van der Waals surface area contributed by atoms with Crippen molar-refractivity contribution in [3.63, 3.8) is 0 Å². The highest BCUT2D eigenvalue weighted by molar-refractivity contribution is 7.99. The van der Waals surface area contributed by atoms with Gasteiger partial charge >= 0.3 is 5.97 Å². The van der Waals surface area contributed by atoms with Crippen molar-refractivity contribution in [1.29, 1.82) is 0 Å². The van der Waals surface area contributed by atoms with Gasteiger partial charge in [-0.2, -0.15) is 0 Å². The highest BCUT2D eigenvalue weighted by Gasteiger charge is 2.54. The molecule has 2 saturated carbocycles. The van der Waals surface area contributed by atoms with E-state index >= 15 is 0 Å². The van der Waals surface area contributed by atoms with Crippen LogP contribution in [0, 0.1) is 23.7 Å². The second-order valence-electron chi connectivity index (χ2n) is 7.12. The molecule has 4 nitrogen and oxygen atoms in total. The van der Waals surface area contributed by atoms with Crippen molar-refractivity contribution in [3.8, 4) is 0 Å². The van der Waals surface area contributed by atoms with Crippen LogP contribution in [0.2, 0.25) is 0 Å². The molecule has 0 unspecified atom stereocenters. The first-order valence-corrected chi connectivity index (χ1v) is 9.80. The van der Waals surface area contributed by atoms with Gasteiger partial charge in [-0.05, 0) is 55.4 Å². The Balaban J connectivity index is 1.54. The Labute approximate surface area is 157 Å². The highest BCUT2D eigenvalue weighted by atomic mass is 32.2. The number of carboxylic acids is 1. The van der Waals surface area contributed by atoms with Gasteiger partial charge in [0.15, 0.2) is 0 Å². The van der Waals surface area contributed by atoms with E-state index in [1.54, 1.807) is 11.8 Å². The van der Waals surface area contributed by atoms with Crippen LogP contribution in [0.3, 0.4) is 0 Å². The number of carbonyl (C=O) groups is 2. The molecule has 2 fully saturated rings. The van der Waals surface area contributed by atoms with Crippen LogP contribution in [-0.4, -0.2) is 17.0 Å². The SMILES string of the molecule is O=C(O)[C@H]1[C@H]2CC[C@@H](C2)[C@@H]1C(=O)Nc1ccccc1Sc1ccccc1. The summed E-state index contributed by atoms with van der Waals surface area (Å²) < 4.78 is 0. The lowest BCUT2D eigenvalue weighted by atomic mass is 9.78. The predicted molar refractivity (Wildman–Crippen MR) is 101 cm³/mol. The molecule has 2 aromatic rings. The summed E-state index contributed by atoms with van der Waals surface area (Å²) >= 11 is 1.59. The number of fused-ring (bicyclic) bond motifs is 2. The fourth-order valence-corrected chi connectivity index (χ4v) is 5.44. The van der Waals surface area contributed by atoms with Crippen molar-refractivity contribution >= 4 is 29.3 Å². The van der Waals surface area contributed by atoms with Gasteiger partial charge in [0, 0.05) is 9.79 Å². The van der Waals surface area contributed by atoms with E-state index in [2.05, 4.69) is 5.32 Å². The largest absolute Gasteiger partial charge is 0.481 e. The average molecular weight is 367 g/mol. The third-order valence-electron chi connectivity index (χ3n) is 5.62. The second kappa shape index (κ2) is 7.16. The topological polar surface area (TPSA) is 66.4 Å². The lowest BCUT2D eigenvalue weighted by Gasteiger charge is -2.27. The summed E-state index contributed by atoms with van der Waals surface area (Å²) in [5.41, 5.74) is 0.748. The molecule has 4 rings (SSSR count). The summed E-state index contributed by atoms with van der Waals surface area (Å²) in [6.45, 7) is 0. The number of aliphatic carboxylic acids is 1. The first-order chi connectivity index (χ1) is 12.6. The molecule has 2 N–H and O–H groups in total. The van der Waals surface area contributed by atoms with E-state index in [-0.39, 0.29) is 17.7 Å². The van der Waals surface area contributed by atoms with E-state index in [1.165, 1.54) is 0 Å². The number of carboxylic acid groups (broad SMARTS) is 1. The summed E-state index contributed by atoms with van der Waals surface area (Å²) in [5.74, 6) is -1.57. The maximum atomic E-state index is 12.9. The zero-order valence-corrected chi connectivity index (χ0v) is 15.1. The normalized spacial score (nSPS) is 26.6. The quantitative estimate of drug-likeness (QED) is 0.815. The molecule has 2 aliphatic carbocycles. The Morgan fingerprint density at radius 1 is 0.923 bits per heavy atom. The van der Waals surface area contributed by atoms with Crippen molar-refractivity contribution in [2.45, 2.75) is 29.1 Å². The van der Waals surface area contributed by atoms with Crippen LogP contribution in [0.4, 0.5) is 5.69 Å². The Bertz CT molecular complexity index is 823. The smallest absolute Gasteiger partial charge is 0.307 e. The van der Waals surface area contributed by atoms with Crippen molar-refractivity contribution in [3.05, 3.63) is 54.6 Å². The molecule has 4 atom stereocenters. The van der Waals surface area contributed by atoms with Crippen molar-refractivity contribution in [1.82, 2.24) is 0 Å². The third-order valence-corrected chi connectivity index (χ3v) is 6.70. The number of benzene rings is 2. The predicted octanol–water partition coefficient (Wildman–Crippen LogP) is 4.52. The Morgan fingerprint density at radius 2 is 1.58 bits per heavy atom.